The fourth-order valence-corrected chi connectivity index (χ4v) is 2.59. The molecule has 0 aliphatic carbocycles. The zero-order valence-corrected chi connectivity index (χ0v) is 16.0. The van der Waals surface area contributed by atoms with Gasteiger partial charge in [-0.1, -0.05) is 23.6 Å². The summed E-state index contributed by atoms with van der Waals surface area (Å²) < 4.78 is 10.6. The number of carbonyl (C=O) groups excluding carboxylic acids is 1. The molecular weight excluding hydrogens is 396 g/mol. The van der Waals surface area contributed by atoms with Crippen LogP contribution in [0.15, 0.2) is 42.0 Å². The van der Waals surface area contributed by atoms with E-state index in [1.54, 1.807) is 6.07 Å². The SMILES string of the molecule is C#CCOc1c(Cl)cc(/C=C(/C#N)C(=O)Nc2cccc(C(=O)O)c2)cc1OC. The first kappa shape index (κ1) is 21.4. The molecule has 29 heavy (non-hydrogen) atoms. The summed E-state index contributed by atoms with van der Waals surface area (Å²) in [5.74, 6) is 1.01. The van der Waals surface area contributed by atoms with E-state index in [9.17, 15) is 14.9 Å². The maximum absolute atomic E-state index is 12.4. The molecular formula is C21H15ClN2O5. The van der Waals surface area contributed by atoms with Gasteiger partial charge in [0.1, 0.15) is 18.2 Å². The highest BCUT2D eigenvalue weighted by molar-refractivity contribution is 6.32. The largest absolute Gasteiger partial charge is 0.493 e. The number of terminal acetylenes is 1. The van der Waals surface area contributed by atoms with E-state index in [4.69, 9.17) is 32.6 Å². The summed E-state index contributed by atoms with van der Waals surface area (Å²) in [4.78, 5) is 23.5. The fourth-order valence-electron chi connectivity index (χ4n) is 2.32. The number of nitrogens with one attached hydrogen (secondary N) is 1. The molecule has 0 heterocycles. The molecule has 0 spiro atoms. The highest BCUT2D eigenvalue weighted by Gasteiger charge is 2.14. The van der Waals surface area contributed by atoms with E-state index >= 15 is 0 Å². The molecule has 7 nitrogen and oxygen atoms in total. The lowest BCUT2D eigenvalue weighted by molar-refractivity contribution is -0.112. The number of benzene rings is 2. The summed E-state index contributed by atoms with van der Waals surface area (Å²) in [6.45, 7) is -0.00742. The van der Waals surface area contributed by atoms with Gasteiger partial charge in [0.05, 0.1) is 17.7 Å². The van der Waals surface area contributed by atoms with E-state index in [1.165, 1.54) is 49.6 Å². The molecule has 2 rings (SSSR count). The number of carboxylic acids is 1. The Hall–Kier alpha value is -3.94. The van der Waals surface area contributed by atoms with Crippen molar-refractivity contribution >= 4 is 35.2 Å². The summed E-state index contributed by atoms with van der Waals surface area (Å²) in [5.41, 5.74) is 0.445. The molecule has 0 aliphatic rings. The van der Waals surface area contributed by atoms with Gasteiger partial charge in [-0.15, -0.1) is 6.42 Å². The van der Waals surface area contributed by atoms with E-state index in [1.807, 2.05) is 0 Å². The van der Waals surface area contributed by atoms with Gasteiger partial charge < -0.3 is 19.9 Å². The minimum Gasteiger partial charge on any atom is -0.493 e. The number of halogens is 1. The molecule has 0 saturated heterocycles. The number of nitriles is 1. The van der Waals surface area contributed by atoms with Crippen LogP contribution in [0.1, 0.15) is 15.9 Å². The zero-order valence-electron chi connectivity index (χ0n) is 15.2. The Labute approximate surface area is 172 Å². The molecule has 8 heteroatoms. The first-order valence-corrected chi connectivity index (χ1v) is 8.47. The summed E-state index contributed by atoms with van der Waals surface area (Å²) in [5, 5.41) is 21.1. The zero-order chi connectivity index (χ0) is 21.4. The van der Waals surface area contributed by atoms with E-state index in [0.29, 0.717) is 5.56 Å². The molecule has 0 radical (unpaired) electrons. The van der Waals surface area contributed by atoms with Crippen LogP contribution >= 0.6 is 11.6 Å². The summed E-state index contributed by atoms with van der Waals surface area (Å²) in [6, 6.07) is 10.5. The Balaban J connectivity index is 2.31. The molecule has 0 unspecified atom stereocenters. The van der Waals surface area contributed by atoms with Crippen LogP contribution in [-0.2, 0) is 4.79 Å². The molecule has 2 N–H and O–H groups in total. The number of methoxy groups -OCH3 is 1. The molecule has 1 amide bonds. The Kier molecular flexibility index (Phi) is 7.25. The van der Waals surface area contributed by atoms with Crippen molar-refractivity contribution in [1.29, 1.82) is 5.26 Å². The lowest BCUT2D eigenvalue weighted by Gasteiger charge is -2.12. The van der Waals surface area contributed by atoms with Crippen LogP contribution < -0.4 is 14.8 Å². The number of rotatable bonds is 7. The third kappa shape index (κ3) is 5.52. The van der Waals surface area contributed by atoms with Gasteiger partial charge in [0.15, 0.2) is 11.5 Å². The van der Waals surface area contributed by atoms with Gasteiger partial charge in [0.2, 0.25) is 0 Å². The van der Waals surface area contributed by atoms with Crippen LogP contribution in [-0.4, -0.2) is 30.7 Å². The van der Waals surface area contributed by atoms with Crippen LogP contribution in [0.2, 0.25) is 5.02 Å². The van der Waals surface area contributed by atoms with E-state index in [0.717, 1.165) is 0 Å². The van der Waals surface area contributed by atoms with Crippen LogP contribution in [0.25, 0.3) is 6.08 Å². The van der Waals surface area contributed by atoms with Crippen LogP contribution in [0.5, 0.6) is 11.5 Å². The number of aromatic carboxylic acids is 1. The third-order valence-corrected chi connectivity index (χ3v) is 3.88. The Bertz CT molecular complexity index is 1060. The first-order valence-electron chi connectivity index (χ1n) is 8.10. The van der Waals surface area contributed by atoms with Crippen molar-refractivity contribution < 1.29 is 24.2 Å². The van der Waals surface area contributed by atoms with Crippen LogP contribution in [0.4, 0.5) is 5.69 Å². The molecule has 0 saturated carbocycles. The number of anilines is 1. The van der Waals surface area contributed by atoms with Gasteiger partial charge in [-0.05, 0) is 42.0 Å². The average Bonchev–Trinajstić information content (AvgIpc) is 2.70. The van der Waals surface area contributed by atoms with Crippen molar-refractivity contribution in [2.24, 2.45) is 0 Å². The van der Waals surface area contributed by atoms with Crippen molar-refractivity contribution in [1.82, 2.24) is 0 Å². The Morgan fingerprint density at radius 3 is 2.72 bits per heavy atom. The number of hydrogen-bond donors (Lipinski definition) is 2. The predicted molar refractivity (Wildman–Crippen MR) is 108 cm³/mol. The van der Waals surface area contributed by atoms with Crippen molar-refractivity contribution in [2.45, 2.75) is 0 Å². The summed E-state index contributed by atoms with van der Waals surface area (Å²) in [6.07, 6.45) is 6.49. The minimum absolute atomic E-state index is 0.00404. The molecule has 0 fully saturated rings. The second-order valence-electron chi connectivity index (χ2n) is 5.54. The number of amides is 1. The van der Waals surface area contributed by atoms with Crippen molar-refractivity contribution in [3.05, 3.63) is 58.1 Å². The fraction of sp³-hybridized carbons (Fsp3) is 0.0952. The molecule has 2 aromatic rings. The monoisotopic (exact) mass is 410 g/mol. The number of hydrogen-bond acceptors (Lipinski definition) is 5. The smallest absolute Gasteiger partial charge is 0.335 e. The molecule has 0 bridgehead atoms. The maximum atomic E-state index is 12.4. The topological polar surface area (TPSA) is 109 Å². The van der Waals surface area contributed by atoms with E-state index < -0.39 is 11.9 Å². The predicted octanol–water partition coefficient (Wildman–Crippen LogP) is 3.60. The first-order chi connectivity index (χ1) is 13.9. The van der Waals surface area contributed by atoms with Gasteiger partial charge in [0, 0.05) is 5.69 Å². The minimum atomic E-state index is -1.13. The maximum Gasteiger partial charge on any atom is 0.335 e. The second kappa shape index (κ2) is 9.84. The van der Waals surface area contributed by atoms with Gasteiger partial charge in [-0.25, -0.2) is 4.79 Å². The average molecular weight is 411 g/mol. The highest BCUT2D eigenvalue weighted by Crippen LogP contribution is 2.37. The van der Waals surface area contributed by atoms with Gasteiger partial charge in [-0.3, -0.25) is 4.79 Å². The third-order valence-electron chi connectivity index (χ3n) is 3.60. The lowest BCUT2D eigenvalue weighted by atomic mass is 10.1. The molecule has 146 valence electrons. The van der Waals surface area contributed by atoms with Gasteiger partial charge in [-0.2, -0.15) is 5.26 Å². The number of ether oxygens (including phenoxy) is 2. The summed E-state index contributed by atoms with van der Waals surface area (Å²) in [7, 11) is 1.41. The number of nitrogens with zero attached hydrogens (tertiary/aromatic N) is 1. The normalized spacial score (nSPS) is 10.4. The van der Waals surface area contributed by atoms with Crippen molar-refractivity contribution in [2.75, 3.05) is 19.0 Å². The highest BCUT2D eigenvalue weighted by atomic mass is 35.5. The summed E-state index contributed by atoms with van der Waals surface area (Å²) >= 11 is 6.19. The van der Waals surface area contributed by atoms with Crippen molar-refractivity contribution in [3.63, 3.8) is 0 Å². The second-order valence-corrected chi connectivity index (χ2v) is 5.94. The Morgan fingerprint density at radius 2 is 2.10 bits per heavy atom. The van der Waals surface area contributed by atoms with E-state index in [2.05, 4.69) is 11.2 Å². The number of carboxylic acid groups (broad SMARTS) is 1. The Morgan fingerprint density at radius 1 is 1.34 bits per heavy atom. The van der Waals surface area contributed by atoms with Crippen molar-refractivity contribution in [3.8, 4) is 29.9 Å². The molecule has 0 aromatic heterocycles. The van der Waals surface area contributed by atoms with Crippen LogP contribution in [0.3, 0.4) is 0 Å². The quantitative estimate of drug-likeness (QED) is 0.410. The molecule has 0 atom stereocenters. The molecule has 0 aliphatic heterocycles. The number of carbonyl (C=O) groups is 2. The standard InChI is InChI=1S/C21H15ClN2O5/c1-3-7-29-19-17(22)9-13(10-18(19)28-2)8-15(12-23)20(25)24-16-6-4-5-14(11-16)21(26)27/h1,4-6,8-11H,7H2,2H3,(H,24,25)(H,26,27)/b15-8-. The van der Waals surface area contributed by atoms with Gasteiger partial charge in [0.25, 0.3) is 5.91 Å². The molecule has 2 aromatic carbocycles. The lowest BCUT2D eigenvalue weighted by Crippen LogP contribution is -2.14. The van der Waals surface area contributed by atoms with E-state index in [-0.39, 0.29) is 40.0 Å². The van der Waals surface area contributed by atoms with Gasteiger partial charge >= 0.3 is 5.97 Å². The van der Waals surface area contributed by atoms with Crippen LogP contribution in [0, 0.1) is 23.7 Å².